The lowest BCUT2D eigenvalue weighted by atomic mass is 9.98. The molecule has 17 heavy (non-hydrogen) atoms. The lowest BCUT2D eigenvalue weighted by molar-refractivity contribution is 0.405. The molecule has 0 aromatic heterocycles. The third kappa shape index (κ3) is 2.80. The predicted molar refractivity (Wildman–Crippen MR) is 66.8 cm³/mol. The fourth-order valence-corrected chi connectivity index (χ4v) is 3.36. The van der Waals surface area contributed by atoms with Crippen LogP contribution in [-0.4, -0.2) is 32.0 Å². The Morgan fingerprint density at radius 3 is 2.53 bits per heavy atom. The van der Waals surface area contributed by atoms with Crippen LogP contribution in [0.25, 0.3) is 0 Å². The minimum atomic E-state index is -3.14. The summed E-state index contributed by atoms with van der Waals surface area (Å²) in [5.74, 6) is 2.64. The Morgan fingerprint density at radius 2 is 2.24 bits per heavy atom. The molecular formula is C12H18N2O2S. The molecule has 1 N–H and O–H groups in total. The van der Waals surface area contributed by atoms with Crippen molar-refractivity contribution in [2.45, 2.75) is 37.5 Å². The van der Waals surface area contributed by atoms with Crippen LogP contribution in [0.2, 0.25) is 0 Å². The van der Waals surface area contributed by atoms with Crippen molar-refractivity contribution in [3.63, 3.8) is 0 Å². The van der Waals surface area contributed by atoms with Crippen molar-refractivity contribution in [3.8, 4) is 18.4 Å². The molecule has 0 amide bonds. The summed E-state index contributed by atoms with van der Waals surface area (Å²) in [7, 11) is -3.14. The maximum Gasteiger partial charge on any atom is 0.151 e. The van der Waals surface area contributed by atoms with Crippen LogP contribution >= 0.6 is 0 Å². The number of hydrogen-bond donors (Lipinski definition) is 1. The summed E-state index contributed by atoms with van der Waals surface area (Å²) in [5, 5.41) is 11.7. The second-order valence-corrected chi connectivity index (χ2v) is 7.20. The number of sulfone groups is 1. The Morgan fingerprint density at radius 1 is 1.65 bits per heavy atom. The van der Waals surface area contributed by atoms with Crippen LogP contribution in [0, 0.1) is 29.1 Å². The number of rotatable bonds is 5. The molecule has 0 aromatic carbocycles. The van der Waals surface area contributed by atoms with Crippen molar-refractivity contribution in [1.82, 2.24) is 5.32 Å². The third-order valence-electron chi connectivity index (χ3n) is 3.57. The number of terminal acetylenes is 1. The molecule has 1 unspecified atom stereocenters. The molecule has 94 valence electrons. The molecule has 0 aliphatic heterocycles. The summed E-state index contributed by atoms with van der Waals surface area (Å²) in [6, 6.07) is 2.12. The fourth-order valence-electron chi connectivity index (χ4n) is 1.81. The lowest BCUT2D eigenvalue weighted by Gasteiger charge is -2.25. The van der Waals surface area contributed by atoms with Gasteiger partial charge in [-0.25, -0.2) is 8.42 Å². The van der Waals surface area contributed by atoms with Gasteiger partial charge in [0.05, 0.1) is 22.3 Å². The molecule has 1 aliphatic rings. The standard InChI is InChI=1S/C12H18N2O2S/c1-5-11(3,6-2)14-9-12(8-13)7-10(12)17(4,15)16/h1,10,14H,6-7,9H2,2-4H3/t10-,11?,12-/m1/s1. The zero-order valence-electron chi connectivity index (χ0n) is 10.4. The van der Waals surface area contributed by atoms with Gasteiger partial charge in [0.2, 0.25) is 0 Å². The van der Waals surface area contributed by atoms with E-state index in [2.05, 4.69) is 17.3 Å². The van der Waals surface area contributed by atoms with Gasteiger partial charge in [0.25, 0.3) is 0 Å². The first-order valence-electron chi connectivity index (χ1n) is 5.56. The van der Waals surface area contributed by atoms with E-state index in [-0.39, 0.29) is 0 Å². The molecule has 0 saturated heterocycles. The SMILES string of the molecule is C#CC(C)(CC)NC[C@]1(C#N)C[C@H]1S(C)(=O)=O. The van der Waals surface area contributed by atoms with Gasteiger partial charge >= 0.3 is 0 Å². The van der Waals surface area contributed by atoms with E-state index in [0.29, 0.717) is 13.0 Å². The molecule has 0 aromatic rings. The maximum absolute atomic E-state index is 11.4. The molecule has 3 atom stereocenters. The van der Waals surface area contributed by atoms with Crippen LogP contribution in [0.5, 0.6) is 0 Å². The van der Waals surface area contributed by atoms with Crippen molar-refractivity contribution in [2.75, 3.05) is 12.8 Å². The van der Waals surface area contributed by atoms with Gasteiger partial charge in [0.1, 0.15) is 0 Å². The van der Waals surface area contributed by atoms with E-state index in [1.54, 1.807) is 0 Å². The molecule has 1 aliphatic carbocycles. The van der Waals surface area contributed by atoms with Gasteiger partial charge in [0.15, 0.2) is 9.84 Å². The number of nitrogens with zero attached hydrogens (tertiary/aromatic N) is 1. The average molecular weight is 254 g/mol. The van der Waals surface area contributed by atoms with E-state index in [4.69, 9.17) is 11.7 Å². The van der Waals surface area contributed by atoms with Gasteiger partial charge in [0, 0.05) is 12.8 Å². The Bertz CT molecular complexity index is 486. The summed E-state index contributed by atoms with van der Waals surface area (Å²) in [6.45, 7) is 4.15. The van der Waals surface area contributed by atoms with Crippen molar-refractivity contribution >= 4 is 9.84 Å². The van der Waals surface area contributed by atoms with Crippen LogP contribution in [0.15, 0.2) is 0 Å². The Hall–Kier alpha value is -1.04. The molecule has 4 nitrogen and oxygen atoms in total. The Balaban J connectivity index is 2.72. The minimum Gasteiger partial charge on any atom is -0.300 e. The van der Waals surface area contributed by atoms with Crippen molar-refractivity contribution in [2.24, 2.45) is 5.41 Å². The lowest BCUT2D eigenvalue weighted by Crippen LogP contribution is -2.44. The summed E-state index contributed by atoms with van der Waals surface area (Å²) in [5.41, 5.74) is -1.27. The first-order valence-corrected chi connectivity index (χ1v) is 7.51. The van der Waals surface area contributed by atoms with E-state index in [1.165, 1.54) is 6.26 Å². The van der Waals surface area contributed by atoms with Gasteiger partial charge in [-0.3, -0.25) is 5.32 Å². The van der Waals surface area contributed by atoms with Gasteiger partial charge in [-0.2, -0.15) is 5.26 Å². The van der Waals surface area contributed by atoms with E-state index >= 15 is 0 Å². The highest BCUT2D eigenvalue weighted by atomic mass is 32.2. The minimum absolute atomic E-state index is 0.329. The molecule has 1 fully saturated rings. The van der Waals surface area contributed by atoms with Crippen molar-refractivity contribution in [3.05, 3.63) is 0 Å². The van der Waals surface area contributed by atoms with Crippen molar-refractivity contribution in [1.29, 1.82) is 5.26 Å². The fraction of sp³-hybridized carbons (Fsp3) is 0.750. The summed E-state index contributed by atoms with van der Waals surface area (Å²) < 4.78 is 22.8. The molecule has 1 saturated carbocycles. The highest BCUT2D eigenvalue weighted by Gasteiger charge is 2.60. The highest BCUT2D eigenvalue weighted by molar-refractivity contribution is 7.91. The topological polar surface area (TPSA) is 70.0 Å². The molecule has 1 rings (SSSR count). The first-order chi connectivity index (χ1) is 7.73. The normalized spacial score (nSPS) is 31.0. The molecule has 0 heterocycles. The van der Waals surface area contributed by atoms with E-state index in [9.17, 15) is 8.42 Å². The Kier molecular flexibility index (Phi) is 3.57. The second kappa shape index (κ2) is 4.33. The average Bonchev–Trinajstić information content (AvgIpc) is 3.01. The second-order valence-electron chi connectivity index (χ2n) is 4.97. The molecular weight excluding hydrogens is 236 g/mol. The van der Waals surface area contributed by atoms with Gasteiger partial charge in [-0.15, -0.1) is 6.42 Å². The smallest absolute Gasteiger partial charge is 0.151 e. The monoisotopic (exact) mass is 254 g/mol. The maximum atomic E-state index is 11.4. The zero-order valence-corrected chi connectivity index (χ0v) is 11.3. The van der Waals surface area contributed by atoms with Gasteiger partial charge in [-0.1, -0.05) is 12.8 Å². The first kappa shape index (κ1) is 14.0. The van der Waals surface area contributed by atoms with Crippen LogP contribution in [0.3, 0.4) is 0 Å². The van der Waals surface area contributed by atoms with Gasteiger partial charge < -0.3 is 0 Å². The third-order valence-corrected chi connectivity index (χ3v) is 5.22. The van der Waals surface area contributed by atoms with Crippen LogP contribution in [-0.2, 0) is 9.84 Å². The quantitative estimate of drug-likeness (QED) is 0.733. The summed E-state index contributed by atoms with van der Waals surface area (Å²) in [4.78, 5) is 0. The summed E-state index contributed by atoms with van der Waals surface area (Å²) >= 11 is 0. The number of hydrogen-bond acceptors (Lipinski definition) is 4. The largest absolute Gasteiger partial charge is 0.300 e. The summed E-state index contributed by atoms with van der Waals surface area (Å²) in [6.07, 6.45) is 7.73. The van der Waals surface area contributed by atoms with Gasteiger partial charge in [-0.05, 0) is 19.8 Å². The van der Waals surface area contributed by atoms with Crippen LogP contribution in [0.1, 0.15) is 26.7 Å². The molecule has 5 heteroatoms. The van der Waals surface area contributed by atoms with Crippen LogP contribution < -0.4 is 5.32 Å². The highest BCUT2D eigenvalue weighted by Crippen LogP contribution is 2.49. The van der Waals surface area contributed by atoms with Crippen molar-refractivity contribution < 1.29 is 8.42 Å². The molecule has 0 spiro atoms. The van der Waals surface area contributed by atoms with E-state index in [0.717, 1.165) is 6.42 Å². The number of nitriles is 1. The molecule has 0 radical (unpaired) electrons. The molecule has 0 bridgehead atoms. The van der Waals surface area contributed by atoms with E-state index < -0.39 is 26.0 Å². The zero-order chi connectivity index (χ0) is 13.3. The Labute approximate surface area is 103 Å². The number of nitrogens with one attached hydrogen (secondary N) is 1. The van der Waals surface area contributed by atoms with Crippen LogP contribution in [0.4, 0.5) is 0 Å². The predicted octanol–water partition coefficient (Wildman–Crippen LogP) is 0.705. The van der Waals surface area contributed by atoms with E-state index in [1.807, 2.05) is 13.8 Å².